The van der Waals surface area contributed by atoms with Crippen LogP contribution in [0.15, 0.2) is 54.7 Å². The summed E-state index contributed by atoms with van der Waals surface area (Å²) in [5.41, 5.74) is 4.10. The van der Waals surface area contributed by atoms with Gasteiger partial charge in [-0.1, -0.05) is 48.5 Å². The minimum absolute atomic E-state index is 0.234. The number of anilines is 1. The Morgan fingerprint density at radius 3 is 2.52 bits per heavy atom. The lowest BCUT2D eigenvalue weighted by molar-refractivity contribution is 0.102. The van der Waals surface area contributed by atoms with Gasteiger partial charge in [0, 0.05) is 30.1 Å². The van der Waals surface area contributed by atoms with Crippen molar-refractivity contribution in [3.63, 3.8) is 0 Å². The average Bonchev–Trinajstić information content (AvgIpc) is 2.95. The summed E-state index contributed by atoms with van der Waals surface area (Å²) in [6.07, 6.45) is 1.68. The molecule has 0 saturated heterocycles. The Kier molecular flexibility index (Phi) is 4.82. The van der Waals surface area contributed by atoms with Crippen LogP contribution in [0, 0.1) is 16.5 Å². The van der Waals surface area contributed by atoms with E-state index in [1.165, 1.54) is 0 Å². The molecule has 0 aliphatic carbocycles. The van der Waals surface area contributed by atoms with Gasteiger partial charge in [-0.25, -0.2) is 0 Å². The number of benzene rings is 2. The second-order valence-corrected chi connectivity index (χ2v) is 5.95. The van der Waals surface area contributed by atoms with Crippen LogP contribution in [0.3, 0.4) is 0 Å². The van der Waals surface area contributed by atoms with E-state index in [-0.39, 0.29) is 5.91 Å². The second-order valence-electron chi connectivity index (χ2n) is 5.55. The fraction of sp³-hybridized carbons (Fsp3) is 0.100. The fourth-order valence-electron chi connectivity index (χ4n) is 2.58. The molecule has 2 N–H and O–H groups in total. The SMILES string of the molecule is CC#Cc1ccc(-c2ccccc2NC(=O)c2cn(C)[nH]c2=S)cc1. The predicted molar refractivity (Wildman–Crippen MR) is 103 cm³/mol. The minimum atomic E-state index is -0.234. The van der Waals surface area contributed by atoms with E-state index in [1.807, 2.05) is 55.5 Å². The van der Waals surface area contributed by atoms with Gasteiger partial charge in [-0.05, 0) is 30.7 Å². The molecule has 2 aromatic carbocycles. The van der Waals surface area contributed by atoms with E-state index < -0.39 is 0 Å². The van der Waals surface area contributed by atoms with Gasteiger partial charge in [-0.3, -0.25) is 14.6 Å². The van der Waals surface area contributed by atoms with Crippen LogP contribution in [0.2, 0.25) is 0 Å². The number of rotatable bonds is 3. The van der Waals surface area contributed by atoms with E-state index in [1.54, 1.807) is 17.9 Å². The highest BCUT2D eigenvalue weighted by molar-refractivity contribution is 7.71. The van der Waals surface area contributed by atoms with Gasteiger partial charge in [-0.15, -0.1) is 5.92 Å². The summed E-state index contributed by atoms with van der Waals surface area (Å²) in [4.78, 5) is 12.5. The van der Waals surface area contributed by atoms with Crippen LogP contribution >= 0.6 is 12.2 Å². The molecule has 0 unspecified atom stereocenters. The Labute approximate surface area is 151 Å². The zero-order valence-electron chi connectivity index (χ0n) is 14.0. The van der Waals surface area contributed by atoms with Crippen LogP contribution in [-0.2, 0) is 7.05 Å². The van der Waals surface area contributed by atoms with Gasteiger partial charge < -0.3 is 5.32 Å². The Morgan fingerprint density at radius 2 is 1.88 bits per heavy atom. The molecule has 0 radical (unpaired) electrons. The first-order valence-electron chi connectivity index (χ1n) is 7.77. The summed E-state index contributed by atoms with van der Waals surface area (Å²) in [6.45, 7) is 1.81. The van der Waals surface area contributed by atoms with Crippen molar-refractivity contribution < 1.29 is 4.79 Å². The van der Waals surface area contributed by atoms with Crippen LogP contribution in [0.5, 0.6) is 0 Å². The molecule has 0 spiro atoms. The van der Waals surface area contributed by atoms with Crippen molar-refractivity contribution in [2.75, 3.05) is 5.32 Å². The number of hydrogen-bond donors (Lipinski definition) is 2. The second kappa shape index (κ2) is 7.20. The lowest BCUT2D eigenvalue weighted by Crippen LogP contribution is -2.12. The summed E-state index contributed by atoms with van der Waals surface area (Å²) >= 11 is 5.18. The molecule has 3 aromatic rings. The highest BCUT2D eigenvalue weighted by Gasteiger charge is 2.13. The van der Waals surface area contributed by atoms with Gasteiger partial charge in [0.15, 0.2) is 0 Å². The van der Waals surface area contributed by atoms with Crippen molar-refractivity contribution >= 4 is 23.8 Å². The molecule has 5 heteroatoms. The molecule has 1 aromatic heterocycles. The van der Waals surface area contributed by atoms with E-state index in [0.717, 1.165) is 22.4 Å². The van der Waals surface area contributed by atoms with E-state index >= 15 is 0 Å². The Balaban J connectivity index is 1.93. The normalized spacial score (nSPS) is 10.0. The van der Waals surface area contributed by atoms with Gasteiger partial charge in [0.2, 0.25) is 0 Å². The smallest absolute Gasteiger partial charge is 0.260 e. The number of hydrogen-bond acceptors (Lipinski definition) is 2. The topological polar surface area (TPSA) is 49.8 Å². The molecular formula is C20H17N3OS. The molecule has 3 rings (SSSR count). The number of carbonyl (C=O) groups is 1. The van der Waals surface area contributed by atoms with Gasteiger partial charge in [0.1, 0.15) is 4.64 Å². The number of aromatic nitrogens is 2. The summed E-state index contributed by atoms with van der Waals surface area (Å²) in [5.74, 6) is 5.68. The molecule has 1 heterocycles. The van der Waals surface area contributed by atoms with Crippen molar-refractivity contribution in [2.45, 2.75) is 6.92 Å². The maximum atomic E-state index is 12.5. The van der Waals surface area contributed by atoms with Gasteiger partial charge >= 0.3 is 0 Å². The summed E-state index contributed by atoms with van der Waals surface area (Å²) in [5, 5.41) is 5.85. The van der Waals surface area contributed by atoms with Crippen LogP contribution in [0.25, 0.3) is 11.1 Å². The zero-order valence-corrected chi connectivity index (χ0v) is 14.8. The molecule has 0 atom stereocenters. The minimum Gasteiger partial charge on any atom is -0.321 e. The lowest BCUT2D eigenvalue weighted by atomic mass is 10.0. The van der Waals surface area contributed by atoms with Gasteiger partial charge in [0.25, 0.3) is 5.91 Å². The van der Waals surface area contributed by atoms with Crippen LogP contribution < -0.4 is 5.32 Å². The third kappa shape index (κ3) is 3.70. The number of nitrogens with zero attached hydrogens (tertiary/aromatic N) is 1. The number of H-pyrrole nitrogens is 1. The van der Waals surface area contributed by atoms with Crippen molar-refractivity contribution in [3.05, 3.63) is 70.5 Å². The predicted octanol–water partition coefficient (Wildman–Crippen LogP) is 4.37. The molecule has 0 fully saturated rings. The Hall–Kier alpha value is -3.10. The summed E-state index contributed by atoms with van der Waals surface area (Å²) in [7, 11) is 1.79. The molecular weight excluding hydrogens is 330 g/mol. The maximum Gasteiger partial charge on any atom is 0.260 e. The first-order valence-corrected chi connectivity index (χ1v) is 8.18. The van der Waals surface area contributed by atoms with E-state index in [2.05, 4.69) is 22.3 Å². The van der Waals surface area contributed by atoms with Gasteiger partial charge in [0.05, 0.1) is 5.56 Å². The Morgan fingerprint density at radius 1 is 1.16 bits per heavy atom. The zero-order chi connectivity index (χ0) is 17.8. The number of aryl methyl sites for hydroxylation is 1. The van der Waals surface area contributed by atoms with Crippen molar-refractivity contribution in [3.8, 4) is 23.0 Å². The molecule has 0 aliphatic heterocycles. The highest BCUT2D eigenvalue weighted by Crippen LogP contribution is 2.28. The molecule has 1 amide bonds. The van der Waals surface area contributed by atoms with Crippen molar-refractivity contribution in [2.24, 2.45) is 7.05 Å². The molecule has 124 valence electrons. The van der Waals surface area contributed by atoms with Gasteiger partial charge in [-0.2, -0.15) is 0 Å². The maximum absolute atomic E-state index is 12.5. The lowest BCUT2D eigenvalue weighted by Gasteiger charge is -2.11. The van der Waals surface area contributed by atoms with Crippen LogP contribution in [-0.4, -0.2) is 15.7 Å². The third-order valence-corrected chi connectivity index (χ3v) is 4.04. The molecule has 4 nitrogen and oxygen atoms in total. The quantitative estimate of drug-likeness (QED) is 0.546. The van der Waals surface area contributed by atoms with E-state index in [0.29, 0.717) is 10.2 Å². The van der Waals surface area contributed by atoms with Crippen molar-refractivity contribution in [1.29, 1.82) is 0 Å². The number of amides is 1. The first-order chi connectivity index (χ1) is 12.1. The number of aromatic amines is 1. The largest absolute Gasteiger partial charge is 0.321 e. The molecule has 0 bridgehead atoms. The third-order valence-electron chi connectivity index (χ3n) is 3.73. The van der Waals surface area contributed by atoms with E-state index in [4.69, 9.17) is 12.2 Å². The first kappa shape index (κ1) is 16.7. The number of para-hydroxylation sites is 1. The fourth-order valence-corrected chi connectivity index (χ4v) is 2.87. The molecule has 0 aliphatic rings. The van der Waals surface area contributed by atoms with Crippen LogP contribution in [0.4, 0.5) is 5.69 Å². The number of carbonyl (C=O) groups excluding carboxylic acids is 1. The highest BCUT2D eigenvalue weighted by atomic mass is 32.1. The number of nitrogens with one attached hydrogen (secondary N) is 2. The molecule has 25 heavy (non-hydrogen) atoms. The Bertz CT molecular complexity index is 1030. The monoisotopic (exact) mass is 347 g/mol. The summed E-state index contributed by atoms with van der Waals surface area (Å²) in [6, 6.07) is 15.6. The van der Waals surface area contributed by atoms with Crippen LogP contribution in [0.1, 0.15) is 22.8 Å². The van der Waals surface area contributed by atoms with E-state index in [9.17, 15) is 4.79 Å². The summed E-state index contributed by atoms with van der Waals surface area (Å²) < 4.78 is 2.08. The standard InChI is InChI=1S/C20H17N3OS/c1-3-6-14-9-11-15(12-10-14)16-7-4-5-8-18(16)21-19(24)17-13-23(2)22-20(17)25/h4-5,7-13H,1-2H3,(H,21,24)(H,22,25). The van der Waals surface area contributed by atoms with Crippen molar-refractivity contribution in [1.82, 2.24) is 9.78 Å². The average molecular weight is 347 g/mol. The molecule has 0 saturated carbocycles.